The van der Waals surface area contributed by atoms with Crippen LogP contribution in [-0.4, -0.2) is 20.7 Å². The van der Waals surface area contributed by atoms with Crippen molar-refractivity contribution in [3.05, 3.63) is 65.2 Å². The highest BCUT2D eigenvalue weighted by molar-refractivity contribution is 5.95. The highest BCUT2D eigenvalue weighted by Crippen LogP contribution is 2.38. The van der Waals surface area contributed by atoms with Crippen LogP contribution in [0.2, 0.25) is 0 Å². The molecule has 33 heavy (non-hydrogen) atoms. The minimum absolute atomic E-state index is 0.183. The second kappa shape index (κ2) is 7.90. The summed E-state index contributed by atoms with van der Waals surface area (Å²) >= 11 is 0. The second-order valence-corrected chi connectivity index (χ2v) is 6.83. The van der Waals surface area contributed by atoms with E-state index in [1.807, 2.05) is 0 Å². The summed E-state index contributed by atoms with van der Waals surface area (Å²) in [5, 5.41) is 6.20. The number of fused-ring (bicyclic) bond motifs is 1. The summed E-state index contributed by atoms with van der Waals surface area (Å²) in [6.45, 7) is 0.882. The van der Waals surface area contributed by atoms with E-state index in [2.05, 4.69) is 10.1 Å². The van der Waals surface area contributed by atoms with E-state index in [4.69, 9.17) is 4.42 Å². The first-order valence-electron chi connectivity index (χ1n) is 9.09. The number of hydrogen-bond donors (Lipinski definition) is 1. The topological polar surface area (TPSA) is 73.0 Å². The van der Waals surface area contributed by atoms with E-state index in [-0.39, 0.29) is 5.65 Å². The fourth-order valence-electron chi connectivity index (χ4n) is 3.33. The maximum absolute atomic E-state index is 14.1. The van der Waals surface area contributed by atoms with Gasteiger partial charge in [0, 0.05) is 11.8 Å². The summed E-state index contributed by atoms with van der Waals surface area (Å²) in [6, 6.07) is 4.97. The van der Waals surface area contributed by atoms with E-state index < -0.39 is 53.1 Å². The number of carbonyl (C=O) groups excluding carboxylic acids is 1. The standard InChI is InChI=1S/C20H11F7N4O2/c1-8-12-9(10-3-2-6-33-10)4-5-28-19(12)31(30-8)7-11(32)29-18-16(23)14(21)13(20(25,26)27)15(22)17(18)24/h2-6H,7H2,1H3,(H,29,32). The Balaban J connectivity index is 1.68. The van der Waals surface area contributed by atoms with Crippen LogP contribution in [0.15, 0.2) is 35.1 Å². The molecule has 4 aromatic rings. The van der Waals surface area contributed by atoms with Gasteiger partial charge in [0.2, 0.25) is 5.91 Å². The van der Waals surface area contributed by atoms with Crippen LogP contribution in [0.1, 0.15) is 11.3 Å². The van der Waals surface area contributed by atoms with Gasteiger partial charge in [-0.1, -0.05) is 0 Å². The molecule has 172 valence electrons. The Bertz CT molecular complexity index is 1350. The molecule has 1 aromatic carbocycles. The highest BCUT2D eigenvalue weighted by Gasteiger charge is 2.42. The monoisotopic (exact) mass is 472 g/mol. The van der Waals surface area contributed by atoms with E-state index in [0.29, 0.717) is 22.4 Å². The summed E-state index contributed by atoms with van der Waals surface area (Å²) in [4.78, 5) is 16.5. The fraction of sp³-hybridized carbons (Fsp3) is 0.150. The van der Waals surface area contributed by atoms with E-state index in [1.54, 1.807) is 30.4 Å². The average molecular weight is 472 g/mol. The molecule has 4 rings (SSSR count). The van der Waals surface area contributed by atoms with Gasteiger partial charge < -0.3 is 9.73 Å². The van der Waals surface area contributed by atoms with Gasteiger partial charge in [0.1, 0.15) is 23.6 Å². The Morgan fingerprint density at radius 1 is 1.09 bits per heavy atom. The zero-order valence-corrected chi connectivity index (χ0v) is 16.4. The van der Waals surface area contributed by atoms with Crippen LogP contribution >= 0.6 is 0 Å². The lowest BCUT2D eigenvalue weighted by molar-refractivity contribution is -0.143. The highest BCUT2D eigenvalue weighted by atomic mass is 19.4. The number of pyridine rings is 1. The Kier molecular flexibility index (Phi) is 5.34. The minimum atomic E-state index is -5.69. The van der Waals surface area contributed by atoms with E-state index in [0.717, 1.165) is 4.68 Å². The number of aromatic nitrogens is 3. The van der Waals surface area contributed by atoms with Crippen molar-refractivity contribution in [2.24, 2.45) is 0 Å². The van der Waals surface area contributed by atoms with Gasteiger partial charge in [-0.05, 0) is 25.1 Å². The smallest absolute Gasteiger partial charge is 0.422 e. The lowest BCUT2D eigenvalue weighted by Crippen LogP contribution is -2.23. The number of carbonyl (C=O) groups is 1. The molecule has 0 atom stereocenters. The fourth-order valence-corrected chi connectivity index (χ4v) is 3.33. The molecule has 0 aliphatic rings. The molecule has 3 aromatic heterocycles. The Morgan fingerprint density at radius 3 is 2.33 bits per heavy atom. The molecular weight excluding hydrogens is 461 g/mol. The normalized spacial score (nSPS) is 11.9. The van der Waals surface area contributed by atoms with Gasteiger partial charge in [-0.25, -0.2) is 27.2 Å². The third-order valence-electron chi connectivity index (χ3n) is 4.70. The summed E-state index contributed by atoms with van der Waals surface area (Å²) in [5.41, 5.74) is -3.24. The maximum atomic E-state index is 14.1. The number of halogens is 7. The quantitative estimate of drug-likeness (QED) is 0.327. The first kappa shape index (κ1) is 22.3. The molecule has 13 heteroatoms. The molecule has 0 saturated heterocycles. The number of hydrogen-bond acceptors (Lipinski definition) is 4. The van der Waals surface area contributed by atoms with Crippen molar-refractivity contribution < 1.29 is 39.9 Å². The molecular formula is C20H11F7N4O2. The predicted octanol–water partition coefficient (Wildman–Crippen LogP) is 5.21. The molecule has 1 N–H and O–H groups in total. The predicted molar refractivity (Wildman–Crippen MR) is 99.9 cm³/mol. The summed E-state index contributed by atoms with van der Waals surface area (Å²) < 4.78 is 100. The molecule has 1 amide bonds. The van der Waals surface area contributed by atoms with Gasteiger partial charge in [-0.2, -0.15) is 18.3 Å². The molecule has 0 saturated carbocycles. The molecule has 0 radical (unpaired) electrons. The van der Waals surface area contributed by atoms with Crippen LogP contribution < -0.4 is 5.32 Å². The van der Waals surface area contributed by atoms with Crippen LogP contribution in [0, 0.1) is 30.2 Å². The third-order valence-corrected chi connectivity index (χ3v) is 4.70. The molecule has 0 bridgehead atoms. The Hall–Kier alpha value is -3.90. The van der Waals surface area contributed by atoms with Gasteiger partial charge >= 0.3 is 6.18 Å². The van der Waals surface area contributed by atoms with Crippen molar-refractivity contribution in [2.45, 2.75) is 19.6 Å². The van der Waals surface area contributed by atoms with Crippen LogP contribution in [0.3, 0.4) is 0 Å². The number of nitrogens with zero attached hydrogens (tertiary/aromatic N) is 3. The van der Waals surface area contributed by atoms with Crippen LogP contribution in [0.5, 0.6) is 0 Å². The number of benzene rings is 1. The summed E-state index contributed by atoms with van der Waals surface area (Å²) in [6.07, 6.45) is -2.85. The van der Waals surface area contributed by atoms with Crippen molar-refractivity contribution in [3.8, 4) is 11.3 Å². The average Bonchev–Trinajstić information content (AvgIpc) is 3.38. The number of rotatable bonds is 4. The minimum Gasteiger partial charge on any atom is -0.464 e. The molecule has 3 heterocycles. The zero-order valence-electron chi connectivity index (χ0n) is 16.4. The zero-order chi connectivity index (χ0) is 24.1. The van der Waals surface area contributed by atoms with E-state index >= 15 is 0 Å². The Morgan fingerprint density at radius 2 is 1.76 bits per heavy atom. The molecule has 0 aliphatic heterocycles. The first-order chi connectivity index (χ1) is 15.5. The van der Waals surface area contributed by atoms with E-state index in [1.165, 1.54) is 12.5 Å². The van der Waals surface area contributed by atoms with Gasteiger partial charge in [0.05, 0.1) is 17.3 Å². The number of furan rings is 1. The van der Waals surface area contributed by atoms with Crippen molar-refractivity contribution in [1.82, 2.24) is 14.8 Å². The molecule has 0 spiro atoms. The van der Waals surface area contributed by atoms with Crippen molar-refractivity contribution >= 4 is 22.6 Å². The largest absolute Gasteiger partial charge is 0.464 e. The number of alkyl halides is 3. The van der Waals surface area contributed by atoms with Crippen LogP contribution in [0.4, 0.5) is 36.4 Å². The molecule has 0 unspecified atom stereocenters. The van der Waals surface area contributed by atoms with Crippen molar-refractivity contribution in [3.63, 3.8) is 0 Å². The van der Waals surface area contributed by atoms with Gasteiger partial charge in [-0.3, -0.25) is 4.79 Å². The summed E-state index contributed by atoms with van der Waals surface area (Å²) in [5.74, 6) is -10.9. The van der Waals surface area contributed by atoms with Gasteiger partial charge in [0.15, 0.2) is 28.9 Å². The van der Waals surface area contributed by atoms with E-state index in [9.17, 15) is 35.5 Å². The number of amides is 1. The van der Waals surface area contributed by atoms with Gasteiger partial charge in [-0.15, -0.1) is 0 Å². The Labute approximate surface area is 179 Å². The number of nitrogens with one attached hydrogen (secondary N) is 1. The lowest BCUT2D eigenvalue weighted by atomic mass is 10.1. The SMILES string of the molecule is Cc1nn(CC(=O)Nc2c(F)c(F)c(C(F)(F)F)c(F)c2F)c2nccc(-c3ccco3)c12. The van der Waals surface area contributed by atoms with Crippen LogP contribution in [0.25, 0.3) is 22.4 Å². The molecule has 0 fully saturated rings. The molecule has 6 nitrogen and oxygen atoms in total. The third kappa shape index (κ3) is 3.79. The second-order valence-electron chi connectivity index (χ2n) is 6.83. The number of aryl methyl sites for hydroxylation is 1. The first-order valence-corrected chi connectivity index (χ1v) is 9.09. The van der Waals surface area contributed by atoms with Crippen molar-refractivity contribution in [2.75, 3.05) is 5.32 Å². The number of anilines is 1. The van der Waals surface area contributed by atoms with Gasteiger partial charge in [0.25, 0.3) is 0 Å². The lowest BCUT2D eigenvalue weighted by Gasteiger charge is -2.14. The maximum Gasteiger partial charge on any atom is 0.422 e. The van der Waals surface area contributed by atoms with Crippen LogP contribution in [-0.2, 0) is 17.5 Å². The van der Waals surface area contributed by atoms with Crippen molar-refractivity contribution in [1.29, 1.82) is 0 Å². The molecule has 0 aliphatic carbocycles. The summed E-state index contributed by atoms with van der Waals surface area (Å²) in [7, 11) is 0.